The topological polar surface area (TPSA) is 52.6 Å². The monoisotopic (exact) mass is 326 g/mol. The Balaban J connectivity index is 1.70. The smallest absolute Gasteiger partial charge is 0.220 e. The third-order valence-corrected chi connectivity index (χ3v) is 4.00. The van der Waals surface area contributed by atoms with E-state index in [4.69, 9.17) is 0 Å². The maximum absolute atomic E-state index is 11.9. The van der Waals surface area contributed by atoms with Crippen molar-refractivity contribution in [1.82, 2.24) is 5.32 Å². The van der Waals surface area contributed by atoms with Gasteiger partial charge in [0.05, 0.1) is 6.10 Å². The fourth-order valence-electron chi connectivity index (χ4n) is 2.51. The first-order chi connectivity index (χ1) is 11.6. The van der Waals surface area contributed by atoms with E-state index in [9.17, 15) is 9.90 Å². The Labute approximate surface area is 144 Å². The summed E-state index contributed by atoms with van der Waals surface area (Å²) in [5.74, 6) is -0.0186. The molecular weight excluding hydrogens is 300 g/mol. The van der Waals surface area contributed by atoms with Gasteiger partial charge in [0, 0.05) is 32.7 Å². The summed E-state index contributed by atoms with van der Waals surface area (Å²) in [4.78, 5) is 13.9. The minimum atomic E-state index is -0.681. The van der Waals surface area contributed by atoms with E-state index in [1.54, 1.807) is 0 Å². The molecule has 2 aromatic rings. The van der Waals surface area contributed by atoms with Crippen LogP contribution in [0, 0.1) is 0 Å². The van der Waals surface area contributed by atoms with Gasteiger partial charge in [0.1, 0.15) is 0 Å². The number of rotatable bonds is 8. The molecule has 4 nitrogen and oxygen atoms in total. The van der Waals surface area contributed by atoms with Crippen LogP contribution >= 0.6 is 0 Å². The van der Waals surface area contributed by atoms with E-state index in [0.717, 1.165) is 24.1 Å². The lowest BCUT2D eigenvalue weighted by atomic mass is 10.1. The first-order valence-electron chi connectivity index (χ1n) is 8.32. The number of carbonyl (C=O) groups is 1. The molecule has 2 aromatic carbocycles. The van der Waals surface area contributed by atoms with Gasteiger partial charge in [-0.3, -0.25) is 4.79 Å². The number of nitrogens with one attached hydrogen (secondary N) is 1. The van der Waals surface area contributed by atoms with Gasteiger partial charge in [-0.05, 0) is 36.1 Å². The number of aliphatic hydroxyl groups excluding tert-OH is 1. The highest BCUT2D eigenvalue weighted by Crippen LogP contribution is 2.17. The van der Waals surface area contributed by atoms with Gasteiger partial charge in [0.2, 0.25) is 5.91 Å². The summed E-state index contributed by atoms with van der Waals surface area (Å²) in [6.07, 6.45) is 1.49. The van der Waals surface area contributed by atoms with E-state index >= 15 is 0 Å². The summed E-state index contributed by atoms with van der Waals surface area (Å²) >= 11 is 0. The number of anilines is 1. The molecule has 1 amide bonds. The summed E-state index contributed by atoms with van der Waals surface area (Å²) in [7, 11) is 3.95. The molecule has 0 bridgehead atoms. The predicted octanol–water partition coefficient (Wildman–Crippen LogP) is 2.93. The maximum atomic E-state index is 11.9. The lowest BCUT2D eigenvalue weighted by molar-refractivity contribution is -0.121. The first kappa shape index (κ1) is 18.0. The van der Waals surface area contributed by atoms with Gasteiger partial charge in [0.25, 0.3) is 0 Å². The van der Waals surface area contributed by atoms with Crippen LogP contribution in [-0.2, 0) is 11.2 Å². The molecule has 0 fully saturated rings. The quantitative estimate of drug-likeness (QED) is 0.784. The lowest BCUT2D eigenvalue weighted by Crippen LogP contribution is -2.28. The van der Waals surface area contributed by atoms with Crippen molar-refractivity contribution in [3.63, 3.8) is 0 Å². The zero-order valence-electron chi connectivity index (χ0n) is 14.4. The third kappa shape index (κ3) is 5.70. The van der Waals surface area contributed by atoms with Crippen molar-refractivity contribution in [3.05, 3.63) is 65.7 Å². The molecular formula is C20H26N2O2. The van der Waals surface area contributed by atoms with Crippen LogP contribution in [0.1, 0.15) is 30.1 Å². The van der Waals surface area contributed by atoms with Crippen LogP contribution in [-0.4, -0.2) is 31.7 Å². The highest BCUT2D eigenvalue weighted by molar-refractivity contribution is 5.75. The normalized spacial score (nSPS) is 11.8. The van der Waals surface area contributed by atoms with E-state index in [1.807, 2.05) is 61.5 Å². The third-order valence-electron chi connectivity index (χ3n) is 4.00. The Morgan fingerprint density at radius 3 is 2.38 bits per heavy atom. The fourth-order valence-corrected chi connectivity index (χ4v) is 2.51. The Hall–Kier alpha value is -2.33. The van der Waals surface area contributed by atoms with Crippen molar-refractivity contribution >= 4 is 11.6 Å². The molecule has 1 atom stereocenters. The average molecular weight is 326 g/mol. The van der Waals surface area contributed by atoms with Gasteiger partial charge in [-0.2, -0.15) is 0 Å². The molecule has 0 aliphatic heterocycles. The Bertz CT molecular complexity index is 624. The minimum Gasteiger partial charge on any atom is -0.387 e. The van der Waals surface area contributed by atoms with Crippen LogP contribution in [0.3, 0.4) is 0 Å². The van der Waals surface area contributed by atoms with Crippen LogP contribution in [0.25, 0.3) is 0 Å². The van der Waals surface area contributed by atoms with Gasteiger partial charge in [-0.1, -0.05) is 42.5 Å². The molecule has 0 aliphatic carbocycles. The molecule has 2 rings (SSSR count). The second-order valence-electron chi connectivity index (χ2n) is 6.14. The van der Waals surface area contributed by atoms with Crippen molar-refractivity contribution in [2.45, 2.75) is 25.4 Å². The molecule has 128 valence electrons. The number of benzene rings is 2. The molecule has 0 heterocycles. The standard InChI is InChI=1S/C20H26N2O2/c1-22(2)18-13-11-17(12-14-18)19(23)15-21-20(24)10-6-9-16-7-4-3-5-8-16/h3-5,7-8,11-14,19,23H,6,9-10,15H2,1-2H3,(H,21,24). The summed E-state index contributed by atoms with van der Waals surface area (Å²) in [5, 5.41) is 13.0. The maximum Gasteiger partial charge on any atom is 0.220 e. The minimum absolute atomic E-state index is 0.0186. The summed E-state index contributed by atoms with van der Waals surface area (Å²) in [6, 6.07) is 17.8. The van der Waals surface area contributed by atoms with Crippen LogP contribution in [0.2, 0.25) is 0 Å². The lowest BCUT2D eigenvalue weighted by Gasteiger charge is -2.15. The summed E-state index contributed by atoms with van der Waals surface area (Å²) < 4.78 is 0. The van der Waals surface area contributed by atoms with E-state index in [0.29, 0.717) is 6.42 Å². The SMILES string of the molecule is CN(C)c1ccc(C(O)CNC(=O)CCCc2ccccc2)cc1. The van der Waals surface area contributed by atoms with E-state index in [1.165, 1.54) is 5.56 Å². The van der Waals surface area contributed by atoms with Gasteiger partial charge in [-0.25, -0.2) is 0 Å². The van der Waals surface area contributed by atoms with Gasteiger partial charge in [0.15, 0.2) is 0 Å². The van der Waals surface area contributed by atoms with E-state index < -0.39 is 6.10 Å². The number of hydrogen-bond acceptors (Lipinski definition) is 3. The van der Waals surface area contributed by atoms with Crippen molar-refractivity contribution in [1.29, 1.82) is 0 Å². The Morgan fingerprint density at radius 2 is 1.75 bits per heavy atom. The predicted molar refractivity (Wildman–Crippen MR) is 98.1 cm³/mol. The zero-order chi connectivity index (χ0) is 17.4. The Morgan fingerprint density at radius 1 is 1.08 bits per heavy atom. The molecule has 0 radical (unpaired) electrons. The number of hydrogen-bond donors (Lipinski definition) is 2. The number of aliphatic hydroxyl groups is 1. The second kappa shape index (κ2) is 9.08. The molecule has 0 saturated heterocycles. The second-order valence-corrected chi connectivity index (χ2v) is 6.14. The van der Waals surface area contributed by atoms with Crippen LogP contribution < -0.4 is 10.2 Å². The van der Waals surface area contributed by atoms with Crippen molar-refractivity contribution in [2.75, 3.05) is 25.5 Å². The van der Waals surface area contributed by atoms with E-state index in [-0.39, 0.29) is 12.5 Å². The number of carbonyl (C=O) groups excluding carboxylic acids is 1. The Kier molecular flexibility index (Phi) is 6.82. The summed E-state index contributed by atoms with van der Waals surface area (Å²) in [5.41, 5.74) is 3.13. The van der Waals surface area contributed by atoms with Crippen molar-refractivity contribution in [3.8, 4) is 0 Å². The zero-order valence-corrected chi connectivity index (χ0v) is 14.4. The number of amides is 1. The molecule has 2 N–H and O–H groups in total. The molecule has 4 heteroatoms. The van der Waals surface area contributed by atoms with Gasteiger partial charge in [-0.15, -0.1) is 0 Å². The van der Waals surface area contributed by atoms with Crippen LogP contribution in [0.15, 0.2) is 54.6 Å². The largest absolute Gasteiger partial charge is 0.387 e. The fraction of sp³-hybridized carbons (Fsp3) is 0.350. The number of aryl methyl sites for hydroxylation is 1. The van der Waals surface area contributed by atoms with E-state index in [2.05, 4.69) is 17.4 Å². The number of nitrogens with zero attached hydrogens (tertiary/aromatic N) is 1. The summed E-state index contributed by atoms with van der Waals surface area (Å²) in [6.45, 7) is 0.242. The van der Waals surface area contributed by atoms with Crippen LogP contribution in [0.4, 0.5) is 5.69 Å². The first-order valence-corrected chi connectivity index (χ1v) is 8.32. The van der Waals surface area contributed by atoms with Crippen molar-refractivity contribution < 1.29 is 9.90 Å². The molecule has 0 aliphatic rings. The molecule has 0 spiro atoms. The van der Waals surface area contributed by atoms with Gasteiger partial charge >= 0.3 is 0 Å². The molecule has 1 unspecified atom stereocenters. The van der Waals surface area contributed by atoms with Crippen molar-refractivity contribution in [2.24, 2.45) is 0 Å². The van der Waals surface area contributed by atoms with Crippen LogP contribution in [0.5, 0.6) is 0 Å². The highest BCUT2D eigenvalue weighted by Gasteiger charge is 2.10. The van der Waals surface area contributed by atoms with Gasteiger partial charge < -0.3 is 15.3 Å². The molecule has 24 heavy (non-hydrogen) atoms. The molecule has 0 saturated carbocycles. The average Bonchev–Trinajstić information content (AvgIpc) is 2.60. The highest BCUT2D eigenvalue weighted by atomic mass is 16.3. The molecule has 0 aromatic heterocycles.